The molecule has 3 aromatic rings. The largest absolute Gasteiger partial charge is 0.388 e. The fourth-order valence-corrected chi connectivity index (χ4v) is 3.49. The minimum Gasteiger partial charge on any atom is -0.388 e. The first kappa shape index (κ1) is 14.2. The highest BCUT2D eigenvalue weighted by Gasteiger charge is 2.33. The zero-order valence-electron chi connectivity index (χ0n) is 12.5. The molecule has 0 aliphatic carbocycles. The third-order valence-electron chi connectivity index (χ3n) is 4.32. The standard InChI is InChI=1S/C16H14ClN5O/c1-16(23)2-3-22(8-16)14-11(17)6-20-15-13(14)10-4-9(5-18)19-7-12(10)21-15/h4,6-7,23H,2-3,8H2,1H3,(H,20,21)/t16-/m1/s1. The van der Waals surface area contributed by atoms with E-state index in [9.17, 15) is 5.11 Å². The van der Waals surface area contributed by atoms with Crippen LogP contribution in [0, 0.1) is 11.3 Å². The van der Waals surface area contributed by atoms with Gasteiger partial charge >= 0.3 is 0 Å². The predicted octanol–water partition coefficient (Wildman–Crippen LogP) is 2.60. The number of β-amino-alcohol motifs (C(OH)–C–C–N with tert-alkyl or cyclic N) is 1. The van der Waals surface area contributed by atoms with E-state index in [2.05, 4.69) is 25.9 Å². The molecule has 1 saturated heterocycles. The van der Waals surface area contributed by atoms with Crippen LogP contribution < -0.4 is 4.90 Å². The van der Waals surface area contributed by atoms with Crippen molar-refractivity contribution < 1.29 is 5.11 Å². The number of aliphatic hydroxyl groups is 1. The molecule has 0 unspecified atom stereocenters. The maximum absolute atomic E-state index is 10.3. The molecular formula is C16H14ClN5O. The van der Waals surface area contributed by atoms with E-state index < -0.39 is 5.60 Å². The second-order valence-electron chi connectivity index (χ2n) is 6.20. The van der Waals surface area contributed by atoms with Crippen molar-refractivity contribution in [3.63, 3.8) is 0 Å². The molecule has 0 spiro atoms. The molecule has 0 amide bonds. The molecule has 23 heavy (non-hydrogen) atoms. The zero-order chi connectivity index (χ0) is 16.2. The summed E-state index contributed by atoms with van der Waals surface area (Å²) in [4.78, 5) is 13.7. The molecule has 7 heteroatoms. The first-order valence-corrected chi connectivity index (χ1v) is 7.70. The summed E-state index contributed by atoms with van der Waals surface area (Å²) in [7, 11) is 0. The maximum atomic E-state index is 10.3. The first-order chi connectivity index (χ1) is 11.0. The van der Waals surface area contributed by atoms with Gasteiger partial charge in [-0.1, -0.05) is 11.6 Å². The van der Waals surface area contributed by atoms with Gasteiger partial charge in [0.05, 0.1) is 39.6 Å². The number of nitrogens with one attached hydrogen (secondary N) is 1. The summed E-state index contributed by atoms with van der Waals surface area (Å²) < 4.78 is 0. The molecule has 4 heterocycles. The smallest absolute Gasteiger partial charge is 0.141 e. The molecule has 4 rings (SSSR count). The van der Waals surface area contributed by atoms with Gasteiger partial charge in [-0.2, -0.15) is 5.26 Å². The summed E-state index contributed by atoms with van der Waals surface area (Å²) >= 11 is 6.43. The summed E-state index contributed by atoms with van der Waals surface area (Å²) in [6.45, 7) is 3.05. The summed E-state index contributed by atoms with van der Waals surface area (Å²) in [6.07, 6.45) is 3.92. The highest BCUT2D eigenvalue weighted by Crippen LogP contribution is 2.40. The van der Waals surface area contributed by atoms with Crippen molar-refractivity contribution in [2.45, 2.75) is 18.9 Å². The Morgan fingerprint density at radius 2 is 2.26 bits per heavy atom. The topological polar surface area (TPSA) is 88.8 Å². The predicted molar refractivity (Wildman–Crippen MR) is 88.6 cm³/mol. The van der Waals surface area contributed by atoms with Crippen LogP contribution in [0.4, 0.5) is 5.69 Å². The number of hydrogen-bond acceptors (Lipinski definition) is 5. The van der Waals surface area contributed by atoms with Crippen molar-refractivity contribution in [1.29, 1.82) is 5.26 Å². The van der Waals surface area contributed by atoms with Crippen LogP contribution in [0.3, 0.4) is 0 Å². The van der Waals surface area contributed by atoms with E-state index in [-0.39, 0.29) is 0 Å². The van der Waals surface area contributed by atoms with Gasteiger partial charge in [0, 0.05) is 18.5 Å². The molecule has 1 atom stereocenters. The van der Waals surface area contributed by atoms with Crippen LogP contribution in [0.2, 0.25) is 5.02 Å². The van der Waals surface area contributed by atoms with Crippen LogP contribution in [-0.4, -0.2) is 38.7 Å². The van der Waals surface area contributed by atoms with Gasteiger partial charge in [-0.25, -0.2) is 9.97 Å². The van der Waals surface area contributed by atoms with E-state index in [0.717, 1.165) is 22.0 Å². The monoisotopic (exact) mass is 327 g/mol. The lowest BCUT2D eigenvalue weighted by Crippen LogP contribution is -2.29. The van der Waals surface area contributed by atoms with Gasteiger partial charge in [-0.3, -0.25) is 0 Å². The van der Waals surface area contributed by atoms with E-state index in [4.69, 9.17) is 16.9 Å². The van der Waals surface area contributed by atoms with Gasteiger partial charge < -0.3 is 15.0 Å². The summed E-state index contributed by atoms with van der Waals surface area (Å²) in [5.74, 6) is 0. The Balaban J connectivity index is 2.02. The number of nitrogens with zero attached hydrogens (tertiary/aromatic N) is 4. The van der Waals surface area contributed by atoms with Crippen LogP contribution in [0.1, 0.15) is 19.0 Å². The van der Waals surface area contributed by atoms with E-state index in [0.29, 0.717) is 35.9 Å². The van der Waals surface area contributed by atoms with Crippen LogP contribution in [-0.2, 0) is 0 Å². The van der Waals surface area contributed by atoms with E-state index in [1.165, 1.54) is 0 Å². The molecule has 2 N–H and O–H groups in total. The quantitative estimate of drug-likeness (QED) is 0.717. The number of halogens is 1. The molecule has 3 aromatic heterocycles. The Morgan fingerprint density at radius 3 is 2.96 bits per heavy atom. The minimum atomic E-state index is -0.732. The number of fused-ring (bicyclic) bond motifs is 3. The second-order valence-corrected chi connectivity index (χ2v) is 6.61. The van der Waals surface area contributed by atoms with Crippen LogP contribution >= 0.6 is 11.6 Å². The van der Waals surface area contributed by atoms with Crippen molar-refractivity contribution >= 4 is 39.2 Å². The molecule has 0 aromatic carbocycles. The normalized spacial score (nSPS) is 21.2. The van der Waals surface area contributed by atoms with Gasteiger partial charge in [-0.15, -0.1) is 0 Å². The summed E-state index contributed by atoms with van der Waals surface area (Å²) in [5, 5.41) is 21.6. The van der Waals surface area contributed by atoms with Crippen molar-refractivity contribution in [1.82, 2.24) is 15.0 Å². The van der Waals surface area contributed by atoms with Crippen molar-refractivity contribution in [2.75, 3.05) is 18.0 Å². The average Bonchev–Trinajstić information content (AvgIpc) is 3.06. The second kappa shape index (κ2) is 4.82. The lowest BCUT2D eigenvalue weighted by molar-refractivity contribution is 0.0839. The number of aromatic nitrogens is 3. The van der Waals surface area contributed by atoms with Gasteiger partial charge in [0.1, 0.15) is 17.4 Å². The highest BCUT2D eigenvalue weighted by molar-refractivity contribution is 6.35. The Morgan fingerprint density at radius 1 is 1.43 bits per heavy atom. The molecule has 1 fully saturated rings. The first-order valence-electron chi connectivity index (χ1n) is 7.32. The van der Waals surface area contributed by atoms with E-state index >= 15 is 0 Å². The molecule has 0 radical (unpaired) electrons. The third kappa shape index (κ3) is 2.21. The van der Waals surface area contributed by atoms with Crippen LogP contribution in [0.25, 0.3) is 21.9 Å². The summed E-state index contributed by atoms with van der Waals surface area (Å²) in [5.41, 5.74) is 1.96. The number of rotatable bonds is 1. The van der Waals surface area contributed by atoms with Crippen molar-refractivity contribution in [3.8, 4) is 6.07 Å². The minimum absolute atomic E-state index is 0.345. The zero-order valence-corrected chi connectivity index (χ0v) is 13.2. The fourth-order valence-electron chi connectivity index (χ4n) is 3.22. The third-order valence-corrected chi connectivity index (χ3v) is 4.59. The van der Waals surface area contributed by atoms with Gasteiger partial charge in [0.2, 0.25) is 0 Å². The number of H-pyrrole nitrogens is 1. The van der Waals surface area contributed by atoms with E-state index in [1.54, 1.807) is 18.5 Å². The molecular weight excluding hydrogens is 314 g/mol. The Hall–Kier alpha value is -2.36. The lowest BCUT2D eigenvalue weighted by atomic mass is 10.1. The number of hydrogen-bond donors (Lipinski definition) is 2. The molecule has 116 valence electrons. The van der Waals surface area contributed by atoms with Gasteiger partial charge in [0.25, 0.3) is 0 Å². The van der Waals surface area contributed by atoms with Crippen LogP contribution in [0.15, 0.2) is 18.5 Å². The number of anilines is 1. The number of aromatic amines is 1. The van der Waals surface area contributed by atoms with Gasteiger partial charge in [0.15, 0.2) is 0 Å². The van der Waals surface area contributed by atoms with Crippen molar-refractivity contribution in [2.24, 2.45) is 0 Å². The molecule has 0 saturated carbocycles. The Labute approximate surface area is 137 Å². The SMILES string of the molecule is C[C@@]1(O)CCN(c2c(Cl)cnc3[nH]c4cnc(C#N)cc4c23)C1. The number of nitriles is 1. The number of pyridine rings is 2. The molecule has 6 nitrogen and oxygen atoms in total. The molecule has 1 aliphatic heterocycles. The Bertz CT molecular complexity index is 972. The Kier molecular flexibility index (Phi) is 2.98. The van der Waals surface area contributed by atoms with Gasteiger partial charge in [-0.05, 0) is 19.4 Å². The lowest BCUT2D eigenvalue weighted by Gasteiger charge is -2.22. The molecule has 1 aliphatic rings. The van der Waals surface area contributed by atoms with Crippen LogP contribution in [0.5, 0.6) is 0 Å². The maximum Gasteiger partial charge on any atom is 0.141 e. The van der Waals surface area contributed by atoms with Crippen molar-refractivity contribution in [3.05, 3.63) is 29.2 Å². The average molecular weight is 328 g/mol. The summed E-state index contributed by atoms with van der Waals surface area (Å²) in [6, 6.07) is 3.80. The molecule has 0 bridgehead atoms. The van der Waals surface area contributed by atoms with E-state index in [1.807, 2.05) is 6.92 Å². The highest BCUT2D eigenvalue weighted by atomic mass is 35.5. The fraction of sp³-hybridized carbons (Fsp3) is 0.312.